The van der Waals surface area contributed by atoms with Gasteiger partial charge in [-0.1, -0.05) is 55.8 Å². The summed E-state index contributed by atoms with van der Waals surface area (Å²) in [5, 5.41) is 12.6. The van der Waals surface area contributed by atoms with E-state index < -0.39 is 6.10 Å². The van der Waals surface area contributed by atoms with Crippen molar-refractivity contribution in [1.29, 1.82) is 5.26 Å². The zero-order valence-electron chi connectivity index (χ0n) is 13.6. The third-order valence-electron chi connectivity index (χ3n) is 3.54. The van der Waals surface area contributed by atoms with Gasteiger partial charge in [0.15, 0.2) is 6.10 Å². The molecule has 1 atom stereocenters. The van der Waals surface area contributed by atoms with Crippen molar-refractivity contribution in [3.05, 3.63) is 64.7 Å². The van der Waals surface area contributed by atoms with E-state index in [1.807, 2.05) is 32.0 Å². The second-order valence-corrected chi connectivity index (χ2v) is 6.11. The van der Waals surface area contributed by atoms with Gasteiger partial charge in [-0.2, -0.15) is 5.26 Å². The first-order valence-electron chi connectivity index (χ1n) is 7.70. The molecule has 2 aromatic rings. The summed E-state index contributed by atoms with van der Waals surface area (Å²) in [6.07, 6.45) is -0.693. The third kappa shape index (κ3) is 4.50. The van der Waals surface area contributed by atoms with Crippen LogP contribution in [0, 0.1) is 17.2 Å². The normalized spacial score (nSPS) is 11.6. The molecule has 24 heavy (non-hydrogen) atoms. The molecule has 2 aromatic carbocycles. The summed E-state index contributed by atoms with van der Waals surface area (Å²) >= 11 is 6.10. The van der Waals surface area contributed by atoms with E-state index >= 15 is 0 Å². The van der Waals surface area contributed by atoms with Crippen LogP contribution in [0.4, 0.5) is 0 Å². The molecule has 0 fully saturated rings. The fraction of sp³-hybridized carbons (Fsp3) is 0.263. The van der Waals surface area contributed by atoms with Crippen LogP contribution in [0.25, 0.3) is 0 Å². The van der Waals surface area contributed by atoms with Crippen molar-refractivity contribution in [3.8, 4) is 11.8 Å². The lowest BCUT2D eigenvalue weighted by Gasteiger charge is -2.22. The molecule has 0 spiro atoms. The van der Waals surface area contributed by atoms with Crippen LogP contribution in [-0.4, -0.2) is 12.0 Å². The molecule has 0 saturated carbocycles. The molecule has 5 heteroatoms. The maximum atomic E-state index is 12.5. The highest BCUT2D eigenvalue weighted by Gasteiger charge is 2.25. The van der Waals surface area contributed by atoms with Gasteiger partial charge in [-0.15, -0.1) is 0 Å². The van der Waals surface area contributed by atoms with E-state index in [4.69, 9.17) is 21.6 Å². The number of nitrogens with zero attached hydrogens (tertiary/aromatic N) is 1. The van der Waals surface area contributed by atoms with Crippen molar-refractivity contribution in [1.82, 2.24) is 5.32 Å². The predicted molar refractivity (Wildman–Crippen MR) is 93.7 cm³/mol. The molecule has 0 aliphatic rings. The molecule has 4 nitrogen and oxygen atoms in total. The number of halogens is 1. The van der Waals surface area contributed by atoms with Gasteiger partial charge in [0.05, 0.1) is 5.56 Å². The fourth-order valence-electron chi connectivity index (χ4n) is 2.22. The van der Waals surface area contributed by atoms with E-state index in [9.17, 15) is 4.79 Å². The Morgan fingerprint density at radius 3 is 2.54 bits per heavy atom. The van der Waals surface area contributed by atoms with Gasteiger partial charge in [0.2, 0.25) is 0 Å². The monoisotopic (exact) mass is 342 g/mol. The number of ether oxygens (including phenoxy) is 1. The summed E-state index contributed by atoms with van der Waals surface area (Å²) in [6, 6.07) is 16.3. The van der Waals surface area contributed by atoms with E-state index in [2.05, 4.69) is 11.4 Å². The van der Waals surface area contributed by atoms with Crippen molar-refractivity contribution < 1.29 is 9.53 Å². The smallest absolute Gasteiger partial charge is 0.261 e. The molecule has 0 saturated heterocycles. The summed E-state index contributed by atoms with van der Waals surface area (Å²) in [5.74, 6) is 0.118. The maximum Gasteiger partial charge on any atom is 0.261 e. The van der Waals surface area contributed by atoms with Crippen molar-refractivity contribution in [3.63, 3.8) is 0 Å². The zero-order chi connectivity index (χ0) is 17.5. The Morgan fingerprint density at radius 2 is 1.88 bits per heavy atom. The lowest BCUT2D eigenvalue weighted by molar-refractivity contribution is -0.130. The van der Waals surface area contributed by atoms with Gasteiger partial charge in [-0.05, 0) is 29.7 Å². The van der Waals surface area contributed by atoms with Gasteiger partial charge < -0.3 is 10.1 Å². The van der Waals surface area contributed by atoms with E-state index in [1.165, 1.54) is 0 Å². The molecule has 1 N–H and O–H groups in total. The molecule has 1 amide bonds. The molecule has 124 valence electrons. The van der Waals surface area contributed by atoms with Crippen LogP contribution in [-0.2, 0) is 11.3 Å². The van der Waals surface area contributed by atoms with Crippen LogP contribution in [0.5, 0.6) is 5.75 Å². The van der Waals surface area contributed by atoms with Crippen molar-refractivity contribution in [2.75, 3.05) is 0 Å². The first-order chi connectivity index (χ1) is 11.5. The van der Waals surface area contributed by atoms with Gasteiger partial charge in [-0.3, -0.25) is 4.79 Å². The number of nitrogens with one attached hydrogen (secondary N) is 1. The van der Waals surface area contributed by atoms with Crippen LogP contribution in [0.1, 0.15) is 25.0 Å². The molecule has 0 aromatic heterocycles. The Morgan fingerprint density at radius 1 is 1.21 bits per heavy atom. The van der Waals surface area contributed by atoms with Crippen LogP contribution < -0.4 is 10.1 Å². The number of hydrogen-bond acceptors (Lipinski definition) is 3. The maximum absolute atomic E-state index is 12.5. The Bertz CT molecular complexity index is 753. The Hall–Kier alpha value is -2.51. The molecule has 1 unspecified atom stereocenters. The second kappa shape index (κ2) is 8.37. The minimum Gasteiger partial charge on any atom is -0.479 e. The largest absolute Gasteiger partial charge is 0.479 e. The average Bonchev–Trinajstić information content (AvgIpc) is 2.58. The number of hydrogen-bond donors (Lipinski definition) is 1. The quantitative estimate of drug-likeness (QED) is 0.865. The fourth-order valence-corrected chi connectivity index (χ4v) is 2.42. The highest BCUT2D eigenvalue weighted by molar-refractivity contribution is 6.31. The molecular formula is C19H19ClN2O2. The Labute approximate surface area is 147 Å². The molecule has 0 radical (unpaired) electrons. The van der Waals surface area contributed by atoms with Crippen molar-refractivity contribution >= 4 is 17.5 Å². The average molecular weight is 343 g/mol. The van der Waals surface area contributed by atoms with Gasteiger partial charge in [0, 0.05) is 11.6 Å². The van der Waals surface area contributed by atoms with Gasteiger partial charge in [0.25, 0.3) is 5.91 Å². The minimum absolute atomic E-state index is 0.0528. The van der Waals surface area contributed by atoms with E-state index in [0.29, 0.717) is 22.9 Å². The molecule has 0 heterocycles. The predicted octanol–water partition coefficient (Wildman–Crippen LogP) is 3.93. The highest BCUT2D eigenvalue weighted by Crippen LogP contribution is 2.21. The Kier molecular flexibility index (Phi) is 6.22. The number of para-hydroxylation sites is 1. The van der Waals surface area contributed by atoms with Gasteiger partial charge in [0.1, 0.15) is 11.8 Å². The number of benzene rings is 2. The first kappa shape index (κ1) is 17.8. The molecule has 0 aliphatic heterocycles. The standard InChI is InChI=1S/C19H19ClN2O2/c1-13(2)18(24-17-10-6-4-7-14(17)11-21)19(23)22-12-15-8-3-5-9-16(15)20/h3-10,13,18H,12H2,1-2H3,(H,22,23). The molecule has 2 rings (SSSR count). The minimum atomic E-state index is -0.693. The van der Waals surface area contributed by atoms with Gasteiger partial charge in [-0.25, -0.2) is 0 Å². The highest BCUT2D eigenvalue weighted by atomic mass is 35.5. The van der Waals surface area contributed by atoms with Crippen molar-refractivity contribution in [2.45, 2.75) is 26.5 Å². The molecular weight excluding hydrogens is 324 g/mol. The summed E-state index contributed by atoms with van der Waals surface area (Å²) in [6.45, 7) is 4.12. The third-order valence-corrected chi connectivity index (χ3v) is 3.90. The van der Waals surface area contributed by atoms with Crippen LogP contribution in [0.2, 0.25) is 5.02 Å². The Balaban J connectivity index is 2.08. The SMILES string of the molecule is CC(C)C(Oc1ccccc1C#N)C(=O)NCc1ccccc1Cl. The summed E-state index contributed by atoms with van der Waals surface area (Å²) in [7, 11) is 0. The van der Waals surface area contributed by atoms with Crippen LogP contribution in [0.15, 0.2) is 48.5 Å². The number of nitriles is 1. The van der Waals surface area contributed by atoms with E-state index in [-0.39, 0.29) is 11.8 Å². The second-order valence-electron chi connectivity index (χ2n) is 5.70. The lowest BCUT2D eigenvalue weighted by Crippen LogP contribution is -2.41. The van der Waals surface area contributed by atoms with E-state index in [1.54, 1.807) is 30.3 Å². The zero-order valence-corrected chi connectivity index (χ0v) is 14.4. The molecule has 0 bridgehead atoms. The number of carbonyl (C=O) groups is 1. The number of carbonyl (C=O) groups excluding carboxylic acids is 1. The first-order valence-corrected chi connectivity index (χ1v) is 8.07. The summed E-state index contributed by atoms with van der Waals surface area (Å²) in [5.41, 5.74) is 1.24. The summed E-state index contributed by atoms with van der Waals surface area (Å²) < 4.78 is 5.81. The van der Waals surface area contributed by atoms with E-state index in [0.717, 1.165) is 5.56 Å². The van der Waals surface area contributed by atoms with Gasteiger partial charge >= 0.3 is 0 Å². The van der Waals surface area contributed by atoms with Crippen LogP contribution in [0.3, 0.4) is 0 Å². The number of amides is 1. The molecule has 0 aliphatic carbocycles. The number of rotatable bonds is 6. The van der Waals surface area contributed by atoms with Crippen LogP contribution >= 0.6 is 11.6 Å². The van der Waals surface area contributed by atoms with Crippen molar-refractivity contribution in [2.24, 2.45) is 5.92 Å². The summed E-state index contributed by atoms with van der Waals surface area (Å²) in [4.78, 5) is 12.5. The topological polar surface area (TPSA) is 62.1 Å². The lowest BCUT2D eigenvalue weighted by atomic mass is 10.1.